The van der Waals surface area contributed by atoms with Crippen molar-refractivity contribution in [3.63, 3.8) is 0 Å². The summed E-state index contributed by atoms with van der Waals surface area (Å²) in [6.45, 7) is 3.32. The maximum absolute atomic E-state index is 12.6. The van der Waals surface area contributed by atoms with Crippen LogP contribution in [0.3, 0.4) is 0 Å². The standard InChI is InChI=1S/C15H15NO6S2/c1-8-6-9(2)12(10(7-8)14(17)18)16-24(20,21)11-4-5-23-13(11)15(19)22-3/h4-7,16H,1-3H3,(H,17,18). The number of nitrogens with one attached hydrogen (secondary N) is 1. The van der Waals surface area contributed by atoms with E-state index in [1.807, 2.05) is 0 Å². The van der Waals surface area contributed by atoms with Crippen LogP contribution in [0.15, 0.2) is 28.5 Å². The molecule has 128 valence electrons. The third-order valence-electron chi connectivity index (χ3n) is 3.24. The fourth-order valence-corrected chi connectivity index (χ4v) is 4.70. The number of hydrogen-bond acceptors (Lipinski definition) is 6. The fraction of sp³-hybridized carbons (Fsp3) is 0.200. The molecule has 1 aromatic carbocycles. The molecule has 7 nitrogen and oxygen atoms in total. The lowest BCUT2D eigenvalue weighted by Gasteiger charge is -2.14. The zero-order valence-corrected chi connectivity index (χ0v) is 14.7. The molecule has 24 heavy (non-hydrogen) atoms. The van der Waals surface area contributed by atoms with Crippen LogP contribution in [0.25, 0.3) is 0 Å². The Bertz CT molecular complexity index is 914. The first-order valence-electron chi connectivity index (χ1n) is 6.70. The van der Waals surface area contributed by atoms with Crippen molar-refractivity contribution in [2.24, 2.45) is 0 Å². The number of carboxylic acid groups (broad SMARTS) is 1. The molecule has 0 bridgehead atoms. The number of aromatic carboxylic acids is 1. The minimum Gasteiger partial charge on any atom is -0.478 e. The molecule has 0 atom stereocenters. The largest absolute Gasteiger partial charge is 0.478 e. The third kappa shape index (κ3) is 3.41. The van der Waals surface area contributed by atoms with E-state index >= 15 is 0 Å². The maximum atomic E-state index is 12.6. The quantitative estimate of drug-likeness (QED) is 0.784. The van der Waals surface area contributed by atoms with Gasteiger partial charge in [0.2, 0.25) is 0 Å². The Balaban J connectivity index is 2.54. The summed E-state index contributed by atoms with van der Waals surface area (Å²) in [6.07, 6.45) is 0. The molecular weight excluding hydrogens is 354 g/mol. The number of carbonyl (C=O) groups is 2. The number of methoxy groups -OCH3 is 1. The number of sulfonamides is 1. The van der Waals surface area contributed by atoms with Gasteiger partial charge in [-0.15, -0.1) is 11.3 Å². The molecule has 0 aliphatic carbocycles. The SMILES string of the molecule is COC(=O)c1sccc1S(=O)(=O)Nc1c(C)cc(C)cc1C(=O)O. The molecule has 0 saturated carbocycles. The Morgan fingerprint density at radius 1 is 1.25 bits per heavy atom. The van der Waals surface area contributed by atoms with Crippen LogP contribution in [0.1, 0.15) is 31.2 Å². The number of thiophene rings is 1. The molecule has 0 unspecified atom stereocenters. The molecule has 0 aliphatic rings. The molecule has 0 aliphatic heterocycles. The number of benzene rings is 1. The van der Waals surface area contributed by atoms with Gasteiger partial charge in [-0.3, -0.25) is 4.72 Å². The van der Waals surface area contributed by atoms with E-state index in [0.29, 0.717) is 11.1 Å². The van der Waals surface area contributed by atoms with Crippen LogP contribution in [0, 0.1) is 13.8 Å². The number of rotatable bonds is 5. The summed E-state index contributed by atoms with van der Waals surface area (Å²) < 4.78 is 32.1. The molecule has 2 rings (SSSR count). The molecule has 0 fully saturated rings. The Morgan fingerprint density at radius 2 is 1.92 bits per heavy atom. The average Bonchev–Trinajstić information content (AvgIpc) is 2.99. The zero-order chi connectivity index (χ0) is 18.1. The molecule has 1 aromatic heterocycles. The van der Waals surface area contributed by atoms with Gasteiger partial charge in [0.05, 0.1) is 18.4 Å². The molecule has 2 aromatic rings. The minimum atomic E-state index is -4.15. The summed E-state index contributed by atoms with van der Waals surface area (Å²) in [4.78, 5) is 22.8. The highest BCUT2D eigenvalue weighted by molar-refractivity contribution is 7.93. The molecule has 2 N–H and O–H groups in total. The van der Waals surface area contributed by atoms with E-state index in [-0.39, 0.29) is 21.0 Å². The van der Waals surface area contributed by atoms with Crippen LogP contribution >= 0.6 is 11.3 Å². The van der Waals surface area contributed by atoms with E-state index in [9.17, 15) is 23.1 Å². The van der Waals surface area contributed by atoms with Gasteiger partial charge in [-0.1, -0.05) is 6.07 Å². The predicted octanol–water partition coefficient (Wildman–Crippen LogP) is 2.65. The highest BCUT2D eigenvalue weighted by Crippen LogP contribution is 2.29. The maximum Gasteiger partial charge on any atom is 0.349 e. The molecule has 0 saturated heterocycles. The van der Waals surface area contributed by atoms with Gasteiger partial charge in [0, 0.05) is 0 Å². The normalized spacial score (nSPS) is 11.1. The number of hydrogen-bond donors (Lipinski definition) is 2. The highest BCUT2D eigenvalue weighted by atomic mass is 32.2. The number of anilines is 1. The lowest BCUT2D eigenvalue weighted by Crippen LogP contribution is -2.18. The summed E-state index contributed by atoms with van der Waals surface area (Å²) in [6, 6.07) is 4.31. The van der Waals surface area contributed by atoms with E-state index in [1.165, 1.54) is 17.5 Å². The Kier molecular flexibility index (Phi) is 4.95. The van der Waals surface area contributed by atoms with Gasteiger partial charge >= 0.3 is 11.9 Å². The number of carboxylic acids is 1. The van der Waals surface area contributed by atoms with Gasteiger partial charge in [0.15, 0.2) is 0 Å². The zero-order valence-electron chi connectivity index (χ0n) is 13.1. The van der Waals surface area contributed by atoms with E-state index in [2.05, 4.69) is 9.46 Å². The van der Waals surface area contributed by atoms with Crippen LogP contribution in [-0.2, 0) is 14.8 Å². The Morgan fingerprint density at radius 3 is 2.50 bits per heavy atom. The lowest BCUT2D eigenvalue weighted by molar-refractivity contribution is 0.0601. The van der Waals surface area contributed by atoms with Gasteiger partial charge < -0.3 is 9.84 Å². The van der Waals surface area contributed by atoms with Gasteiger partial charge in [-0.05, 0) is 42.5 Å². The Hall–Kier alpha value is -2.39. The predicted molar refractivity (Wildman–Crippen MR) is 89.3 cm³/mol. The van der Waals surface area contributed by atoms with Crippen LogP contribution in [0.5, 0.6) is 0 Å². The van der Waals surface area contributed by atoms with E-state index in [1.54, 1.807) is 19.9 Å². The van der Waals surface area contributed by atoms with Crippen LogP contribution < -0.4 is 4.72 Å². The van der Waals surface area contributed by atoms with Crippen molar-refractivity contribution in [2.45, 2.75) is 18.7 Å². The summed E-state index contributed by atoms with van der Waals surface area (Å²) in [7, 11) is -3.00. The summed E-state index contributed by atoms with van der Waals surface area (Å²) in [5.74, 6) is -2.03. The second-order valence-electron chi connectivity index (χ2n) is 5.02. The van der Waals surface area contributed by atoms with Gasteiger partial charge in [-0.25, -0.2) is 18.0 Å². The van der Waals surface area contributed by atoms with Gasteiger partial charge in [-0.2, -0.15) is 0 Å². The average molecular weight is 369 g/mol. The summed E-state index contributed by atoms with van der Waals surface area (Å²) in [5, 5.41) is 10.8. The first kappa shape index (κ1) is 18.0. The van der Waals surface area contributed by atoms with E-state index in [0.717, 1.165) is 18.4 Å². The number of ether oxygens (including phenoxy) is 1. The first-order valence-corrected chi connectivity index (χ1v) is 9.07. The van der Waals surface area contributed by atoms with Gasteiger partial charge in [0.25, 0.3) is 10.0 Å². The summed E-state index contributed by atoms with van der Waals surface area (Å²) in [5.41, 5.74) is 0.963. The lowest BCUT2D eigenvalue weighted by atomic mass is 10.0. The molecule has 0 radical (unpaired) electrons. The minimum absolute atomic E-state index is 0.0323. The van der Waals surface area contributed by atoms with Crippen molar-refractivity contribution in [3.05, 3.63) is 45.1 Å². The number of esters is 1. The van der Waals surface area contributed by atoms with E-state index < -0.39 is 22.0 Å². The van der Waals surface area contributed by atoms with Crippen molar-refractivity contribution in [1.82, 2.24) is 0 Å². The topological polar surface area (TPSA) is 110 Å². The van der Waals surface area contributed by atoms with E-state index in [4.69, 9.17) is 0 Å². The van der Waals surface area contributed by atoms with Crippen molar-refractivity contribution >= 4 is 39.0 Å². The highest BCUT2D eigenvalue weighted by Gasteiger charge is 2.27. The second-order valence-corrected chi connectivity index (χ2v) is 7.59. The smallest absolute Gasteiger partial charge is 0.349 e. The van der Waals surface area contributed by atoms with Crippen molar-refractivity contribution in [1.29, 1.82) is 0 Å². The van der Waals surface area contributed by atoms with Crippen LogP contribution in [0.2, 0.25) is 0 Å². The van der Waals surface area contributed by atoms with Crippen LogP contribution in [-0.4, -0.2) is 32.6 Å². The third-order valence-corrected chi connectivity index (χ3v) is 5.65. The monoisotopic (exact) mass is 369 g/mol. The first-order chi connectivity index (χ1) is 11.2. The fourth-order valence-electron chi connectivity index (χ4n) is 2.21. The number of carbonyl (C=O) groups excluding carboxylic acids is 1. The van der Waals surface area contributed by atoms with Gasteiger partial charge in [0.1, 0.15) is 9.77 Å². The van der Waals surface area contributed by atoms with Crippen molar-refractivity contribution < 1.29 is 27.9 Å². The molecule has 0 amide bonds. The molecule has 1 heterocycles. The van der Waals surface area contributed by atoms with Crippen molar-refractivity contribution in [2.75, 3.05) is 11.8 Å². The molecular formula is C15H15NO6S2. The summed E-state index contributed by atoms with van der Waals surface area (Å²) >= 11 is 0.927. The number of aryl methyl sites for hydroxylation is 2. The second kappa shape index (κ2) is 6.62. The van der Waals surface area contributed by atoms with Crippen molar-refractivity contribution in [3.8, 4) is 0 Å². The molecule has 9 heteroatoms. The molecule has 0 spiro atoms. The Labute approximate surface area is 142 Å². The van der Waals surface area contributed by atoms with Crippen LogP contribution in [0.4, 0.5) is 5.69 Å².